The van der Waals surface area contributed by atoms with Gasteiger partial charge in [0.1, 0.15) is 5.82 Å². The Hall–Kier alpha value is -2.21. The number of benzene rings is 1. The average molecular weight is 305 g/mol. The number of halogens is 1. The third-order valence-electron chi connectivity index (χ3n) is 3.78. The van der Waals surface area contributed by atoms with Crippen LogP contribution in [0.2, 0.25) is 0 Å². The second-order valence-electron chi connectivity index (χ2n) is 5.49. The van der Waals surface area contributed by atoms with Crippen LogP contribution in [0.3, 0.4) is 0 Å². The van der Waals surface area contributed by atoms with Gasteiger partial charge >= 0.3 is 0 Å². The number of carbonyl (C=O) groups excluding carboxylic acids is 1. The first-order chi connectivity index (χ1) is 10.4. The van der Waals surface area contributed by atoms with Gasteiger partial charge < -0.3 is 10.3 Å². The van der Waals surface area contributed by atoms with Crippen molar-refractivity contribution in [2.75, 3.05) is 14.1 Å². The number of pyridine rings is 1. The standard InChI is InChI=1S/C16H20FN3O2/c1-10(6-16(22)18-2)20(3)9-12-8-15(21)13-7-11(17)4-5-14(13)19-12/h4-5,7-8,10H,6,9H2,1-3H3,(H,18,22)(H,19,21). The van der Waals surface area contributed by atoms with Crippen molar-refractivity contribution in [3.63, 3.8) is 0 Å². The Bertz CT molecular complexity index is 742. The molecule has 2 rings (SSSR count). The minimum atomic E-state index is -0.429. The molecule has 1 aromatic heterocycles. The zero-order chi connectivity index (χ0) is 16.3. The zero-order valence-electron chi connectivity index (χ0n) is 12.9. The molecule has 1 aromatic carbocycles. The molecule has 2 aromatic rings. The maximum Gasteiger partial charge on any atom is 0.221 e. The highest BCUT2D eigenvalue weighted by Crippen LogP contribution is 2.12. The fourth-order valence-electron chi connectivity index (χ4n) is 2.31. The molecular weight excluding hydrogens is 285 g/mol. The van der Waals surface area contributed by atoms with E-state index in [2.05, 4.69) is 10.3 Å². The number of H-pyrrole nitrogens is 1. The van der Waals surface area contributed by atoms with Gasteiger partial charge in [-0.2, -0.15) is 0 Å². The summed E-state index contributed by atoms with van der Waals surface area (Å²) in [6.07, 6.45) is 0.385. The smallest absolute Gasteiger partial charge is 0.221 e. The molecule has 0 saturated carbocycles. The zero-order valence-corrected chi connectivity index (χ0v) is 12.9. The molecular formula is C16H20FN3O2. The number of hydrogen-bond acceptors (Lipinski definition) is 3. The molecule has 0 spiro atoms. The molecule has 2 N–H and O–H groups in total. The van der Waals surface area contributed by atoms with E-state index in [4.69, 9.17) is 0 Å². The SMILES string of the molecule is CNC(=O)CC(C)N(C)Cc1cc(=O)c2cc(F)ccc2[nH]1. The van der Waals surface area contributed by atoms with E-state index in [1.165, 1.54) is 18.2 Å². The van der Waals surface area contributed by atoms with Gasteiger partial charge in [-0.3, -0.25) is 14.5 Å². The summed E-state index contributed by atoms with van der Waals surface area (Å²) < 4.78 is 13.2. The molecule has 6 heteroatoms. The molecule has 0 aliphatic carbocycles. The molecule has 0 saturated heterocycles. The van der Waals surface area contributed by atoms with Crippen LogP contribution in [-0.4, -0.2) is 35.9 Å². The van der Waals surface area contributed by atoms with E-state index >= 15 is 0 Å². The number of fused-ring (bicyclic) bond motifs is 1. The Morgan fingerprint density at radius 2 is 2.14 bits per heavy atom. The molecule has 1 heterocycles. The van der Waals surface area contributed by atoms with E-state index in [-0.39, 0.29) is 17.4 Å². The molecule has 1 atom stereocenters. The molecule has 5 nitrogen and oxygen atoms in total. The second-order valence-corrected chi connectivity index (χ2v) is 5.49. The minimum absolute atomic E-state index is 0.0261. The monoisotopic (exact) mass is 305 g/mol. The van der Waals surface area contributed by atoms with Gasteiger partial charge in [0.2, 0.25) is 5.91 Å². The first kappa shape index (κ1) is 16.2. The van der Waals surface area contributed by atoms with Crippen molar-refractivity contribution in [1.29, 1.82) is 0 Å². The highest BCUT2D eigenvalue weighted by molar-refractivity contribution is 5.78. The summed E-state index contributed by atoms with van der Waals surface area (Å²) in [5.74, 6) is -0.455. The summed E-state index contributed by atoms with van der Waals surface area (Å²) in [4.78, 5) is 28.6. The Morgan fingerprint density at radius 3 is 2.82 bits per heavy atom. The van der Waals surface area contributed by atoms with Crippen LogP contribution in [0.1, 0.15) is 19.0 Å². The van der Waals surface area contributed by atoms with Crippen LogP contribution in [0.5, 0.6) is 0 Å². The lowest BCUT2D eigenvalue weighted by molar-refractivity contribution is -0.121. The fourth-order valence-corrected chi connectivity index (χ4v) is 2.31. The van der Waals surface area contributed by atoms with Crippen LogP contribution < -0.4 is 10.7 Å². The van der Waals surface area contributed by atoms with Crippen LogP contribution in [-0.2, 0) is 11.3 Å². The number of carbonyl (C=O) groups is 1. The average Bonchev–Trinajstić information content (AvgIpc) is 2.47. The van der Waals surface area contributed by atoms with Gasteiger partial charge in [0.05, 0.1) is 0 Å². The molecule has 118 valence electrons. The first-order valence-corrected chi connectivity index (χ1v) is 7.13. The van der Waals surface area contributed by atoms with E-state index in [0.717, 1.165) is 5.69 Å². The van der Waals surface area contributed by atoms with Crippen LogP contribution in [0.25, 0.3) is 10.9 Å². The van der Waals surface area contributed by atoms with Crippen molar-refractivity contribution < 1.29 is 9.18 Å². The molecule has 0 aliphatic rings. The third-order valence-corrected chi connectivity index (χ3v) is 3.78. The lowest BCUT2D eigenvalue weighted by Gasteiger charge is -2.24. The van der Waals surface area contributed by atoms with Crippen LogP contribution in [0.15, 0.2) is 29.1 Å². The Morgan fingerprint density at radius 1 is 1.41 bits per heavy atom. The van der Waals surface area contributed by atoms with Gasteiger partial charge in [0.25, 0.3) is 0 Å². The number of rotatable bonds is 5. The Balaban J connectivity index is 2.19. The molecule has 22 heavy (non-hydrogen) atoms. The van der Waals surface area contributed by atoms with Gasteiger partial charge in [0.15, 0.2) is 5.43 Å². The van der Waals surface area contributed by atoms with Crippen molar-refractivity contribution in [3.8, 4) is 0 Å². The molecule has 0 radical (unpaired) electrons. The van der Waals surface area contributed by atoms with Crippen LogP contribution in [0, 0.1) is 5.82 Å². The van der Waals surface area contributed by atoms with E-state index in [1.54, 1.807) is 13.1 Å². The predicted octanol–water partition coefficient (Wildman–Crippen LogP) is 1.62. The summed E-state index contributed by atoms with van der Waals surface area (Å²) in [5, 5.41) is 2.93. The molecule has 1 amide bonds. The van der Waals surface area contributed by atoms with Gasteiger partial charge in [-0.1, -0.05) is 0 Å². The van der Waals surface area contributed by atoms with Gasteiger partial charge in [0, 0.05) is 48.7 Å². The summed E-state index contributed by atoms with van der Waals surface area (Å²) in [5.41, 5.74) is 1.13. The number of nitrogens with zero attached hydrogens (tertiary/aromatic N) is 1. The highest BCUT2D eigenvalue weighted by atomic mass is 19.1. The quantitative estimate of drug-likeness (QED) is 0.882. The maximum absolute atomic E-state index is 13.2. The lowest BCUT2D eigenvalue weighted by atomic mass is 10.1. The van der Waals surface area contributed by atoms with Crippen molar-refractivity contribution in [2.24, 2.45) is 0 Å². The fraction of sp³-hybridized carbons (Fsp3) is 0.375. The van der Waals surface area contributed by atoms with Crippen molar-refractivity contribution in [3.05, 3.63) is 46.0 Å². The van der Waals surface area contributed by atoms with E-state index in [0.29, 0.717) is 23.9 Å². The number of aromatic amines is 1. The van der Waals surface area contributed by atoms with Crippen molar-refractivity contribution >= 4 is 16.8 Å². The summed E-state index contributed by atoms with van der Waals surface area (Å²) in [6, 6.07) is 5.62. The Labute approximate surface area is 128 Å². The molecule has 1 unspecified atom stereocenters. The summed E-state index contributed by atoms with van der Waals surface area (Å²) in [6.45, 7) is 2.45. The van der Waals surface area contributed by atoms with Gasteiger partial charge in [-0.15, -0.1) is 0 Å². The lowest BCUT2D eigenvalue weighted by Crippen LogP contribution is -2.34. The predicted molar refractivity (Wildman–Crippen MR) is 84.1 cm³/mol. The van der Waals surface area contributed by atoms with Crippen molar-refractivity contribution in [2.45, 2.75) is 25.9 Å². The number of hydrogen-bond donors (Lipinski definition) is 2. The number of nitrogens with one attached hydrogen (secondary N) is 2. The van der Waals surface area contributed by atoms with E-state index in [1.807, 2.05) is 18.9 Å². The first-order valence-electron chi connectivity index (χ1n) is 7.13. The van der Waals surface area contributed by atoms with Gasteiger partial charge in [-0.05, 0) is 32.2 Å². The Kier molecular flexibility index (Phi) is 4.92. The van der Waals surface area contributed by atoms with E-state index in [9.17, 15) is 14.0 Å². The van der Waals surface area contributed by atoms with Crippen molar-refractivity contribution in [1.82, 2.24) is 15.2 Å². The largest absolute Gasteiger partial charge is 0.359 e. The van der Waals surface area contributed by atoms with E-state index < -0.39 is 5.82 Å². The maximum atomic E-state index is 13.2. The summed E-state index contributed by atoms with van der Waals surface area (Å²) >= 11 is 0. The number of amides is 1. The molecule has 0 bridgehead atoms. The number of aromatic nitrogens is 1. The molecule has 0 aliphatic heterocycles. The highest BCUT2D eigenvalue weighted by Gasteiger charge is 2.14. The minimum Gasteiger partial charge on any atom is -0.359 e. The normalized spacial score (nSPS) is 12.6. The second kappa shape index (κ2) is 6.70. The van der Waals surface area contributed by atoms with Crippen LogP contribution >= 0.6 is 0 Å². The van der Waals surface area contributed by atoms with Crippen LogP contribution in [0.4, 0.5) is 4.39 Å². The summed E-state index contributed by atoms with van der Waals surface area (Å²) in [7, 11) is 3.50. The third kappa shape index (κ3) is 3.71. The topological polar surface area (TPSA) is 65.2 Å². The van der Waals surface area contributed by atoms with Gasteiger partial charge in [-0.25, -0.2) is 4.39 Å². The molecule has 0 fully saturated rings.